The van der Waals surface area contributed by atoms with Crippen molar-refractivity contribution in [2.75, 3.05) is 28.4 Å². The predicted octanol–water partition coefficient (Wildman–Crippen LogP) is 4.79. The quantitative estimate of drug-likeness (QED) is 0.432. The first-order valence-electron chi connectivity index (χ1n) is 9.96. The lowest BCUT2D eigenvalue weighted by molar-refractivity contribution is 0.385. The monoisotopic (exact) mass is 418 g/mol. The van der Waals surface area contributed by atoms with E-state index in [4.69, 9.17) is 23.9 Å². The number of aromatic nitrogens is 2. The molecular formula is C25H26N2O4. The summed E-state index contributed by atoms with van der Waals surface area (Å²) >= 11 is 0. The van der Waals surface area contributed by atoms with E-state index in [1.165, 1.54) is 0 Å². The summed E-state index contributed by atoms with van der Waals surface area (Å²) in [5.41, 5.74) is 3.92. The van der Waals surface area contributed by atoms with Crippen molar-refractivity contribution >= 4 is 11.0 Å². The Morgan fingerprint density at radius 1 is 0.710 bits per heavy atom. The maximum absolute atomic E-state index is 5.76. The normalized spacial score (nSPS) is 11.0. The zero-order chi connectivity index (χ0) is 22.0. The molecule has 0 atom stereocenters. The van der Waals surface area contributed by atoms with E-state index in [1.54, 1.807) is 28.4 Å². The number of hydrogen-bond donors (Lipinski definition) is 0. The first-order chi connectivity index (χ1) is 15.1. The van der Waals surface area contributed by atoms with E-state index in [0.29, 0.717) is 11.5 Å². The largest absolute Gasteiger partial charge is 0.497 e. The molecular weight excluding hydrogens is 392 g/mol. The van der Waals surface area contributed by atoms with Crippen molar-refractivity contribution < 1.29 is 18.9 Å². The number of ether oxygens (including phenoxy) is 4. The fourth-order valence-corrected chi connectivity index (χ4v) is 3.98. The Morgan fingerprint density at radius 3 is 1.74 bits per heavy atom. The number of methoxy groups -OCH3 is 4. The Hall–Kier alpha value is -3.67. The molecule has 0 N–H and O–H groups in total. The van der Waals surface area contributed by atoms with Crippen molar-refractivity contribution in [2.24, 2.45) is 7.05 Å². The lowest BCUT2D eigenvalue weighted by Crippen LogP contribution is -2.12. The van der Waals surface area contributed by atoms with Crippen LogP contribution in [-0.4, -0.2) is 38.0 Å². The summed E-state index contributed by atoms with van der Waals surface area (Å²) in [6, 6.07) is 19.8. The highest BCUT2D eigenvalue weighted by Crippen LogP contribution is 2.43. The van der Waals surface area contributed by atoms with Crippen LogP contribution in [-0.2, 0) is 7.05 Å². The van der Waals surface area contributed by atoms with Gasteiger partial charge in [0.2, 0.25) is 0 Å². The topological polar surface area (TPSA) is 54.7 Å². The van der Waals surface area contributed by atoms with Gasteiger partial charge in [-0.2, -0.15) is 0 Å². The lowest BCUT2D eigenvalue weighted by atomic mass is 9.88. The molecule has 0 saturated carbocycles. The second kappa shape index (κ2) is 8.60. The number of imidazole rings is 1. The first-order valence-corrected chi connectivity index (χ1v) is 9.96. The number of para-hydroxylation sites is 2. The molecule has 6 heteroatoms. The third-order valence-electron chi connectivity index (χ3n) is 5.58. The molecule has 0 saturated heterocycles. The van der Waals surface area contributed by atoms with E-state index in [2.05, 4.69) is 10.6 Å². The van der Waals surface area contributed by atoms with Crippen molar-refractivity contribution in [3.05, 3.63) is 77.6 Å². The fraction of sp³-hybridized carbons (Fsp3) is 0.240. The van der Waals surface area contributed by atoms with Gasteiger partial charge in [0, 0.05) is 30.3 Å². The Labute approximate surface area is 182 Å². The summed E-state index contributed by atoms with van der Waals surface area (Å²) in [5, 5.41) is 0. The smallest absolute Gasteiger partial charge is 0.126 e. The van der Waals surface area contributed by atoms with Gasteiger partial charge in [0.05, 0.1) is 45.4 Å². The molecule has 0 aliphatic heterocycles. The minimum Gasteiger partial charge on any atom is -0.497 e. The molecule has 0 aliphatic rings. The molecule has 0 bridgehead atoms. The molecule has 4 aromatic rings. The highest BCUT2D eigenvalue weighted by Gasteiger charge is 2.28. The number of nitrogens with zero attached hydrogens (tertiary/aromatic N) is 2. The Balaban J connectivity index is 2.01. The third-order valence-corrected chi connectivity index (χ3v) is 5.58. The van der Waals surface area contributed by atoms with Crippen LogP contribution in [0.2, 0.25) is 0 Å². The molecule has 1 aromatic heterocycles. The van der Waals surface area contributed by atoms with Gasteiger partial charge in [-0.05, 0) is 24.3 Å². The van der Waals surface area contributed by atoms with Gasteiger partial charge in [-0.1, -0.05) is 24.3 Å². The molecule has 4 rings (SSSR count). The number of benzene rings is 3. The van der Waals surface area contributed by atoms with Gasteiger partial charge in [-0.3, -0.25) is 0 Å². The van der Waals surface area contributed by atoms with Crippen LogP contribution in [0.3, 0.4) is 0 Å². The van der Waals surface area contributed by atoms with Crippen molar-refractivity contribution in [2.45, 2.75) is 5.92 Å². The van der Waals surface area contributed by atoms with Gasteiger partial charge in [-0.25, -0.2) is 4.98 Å². The van der Waals surface area contributed by atoms with Crippen molar-refractivity contribution in [3.63, 3.8) is 0 Å². The highest BCUT2D eigenvalue weighted by molar-refractivity contribution is 5.76. The molecule has 160 valence electrons. The minimum atomic E-state index is -0.237. The first kappa shape index (κ1) is 20.6. The molecule has 0 aliphatic carbocycles. The summed E-state index contributed by atoms with van der Waals surface area (Å²) in [4.78, 5) is 4.99. The van der Waals surface area contributed by atoms with E-state index in [-0.39, 0.29) is 5.92 Å². The van der Waals surface area contributed by atoms with Gasteiger partial charge in [0.25, 0.3) is 0 Å². The van der Waals surface area contributed by atoms with Crippen LogP contribution >= 0.6 is 0 Å². The molecule has 1 heterocycles. The molecule has 6 nitrogen and oxygen atoms in total. The molecule has 0 spiro atoms. The fourth-order valence-electron chi connectivity index (χ4n) is 3.98. The number of rotatable bonds is 7. The SMILES string of the molecule is COc1ccc(C(c2ccc(OC)cc2OC)c2nc3ccccc3n2C)c(OC)c1. The molecule has 3 aromatic carbocycles. The van der Waals surface area contributed by atoms with Crippen molar-refractivity contribution in [1.29, 1.82) is 0 Å². The second-order valence-electron chi connectivity index (χ2n) is 7.17. The van der Waals surface area contributed by atoms with Crippen LogP contribution in [0.1, 0.15) is 22.9 Å². The average Bonchev–Trinajstić information content (AvgIpc) is 3.15. The maximum atomic E-state index is 5.76. The zero-order valence-corrected chi connectivity index (χ0v) is 18.4. The summed E-state index contributed by atoms with van der Waals surface area (Å²) in [7, 11) is 8.64. The van der Waals surface area contributed by atoms with Crippen LogP contribution in [0.5, 0.6) is 23.0 Å². The minimum absolute atomic E-state index is 0.237. The molecule has 0 amide bonds. The van der Waals surface area contributed by atoms with E-state index in [1.807, 2.05) is 61.6 Å². The van der Waals surface area contributed by atoms with E-state index in [9.17, 15) is 0 Å². The van der Waals surface area contributed by atoms with E-state index in [0.717, 1.165) is 39.5 Å². The summed E-state index contributed by atoms with van der Waals surface area (Å²) in [6.45, 7) is 0. The van der Waals surface area contributed by atoms with Gasteiger partial charge >= 0.3 is 0 Å². The summed E-state index contributed by atoms with van der Waals surface area (Å²) < 4.78 is 24.5. The molecule has 0 radical (unpaired) electrons. The molecule has 31 heavy (non-hydrogen) atoms. The zero-order valence-electron chi connectivity index (χ0n) is 18.4. The number of aryl methyl sites for hydroxylation is 1. The predicted molar refractivity (Wildman–Crippen MR) is 121 cm³/mol. The average molecular weight is 418 g/mol. The standard InChI is InChI=1S/C25H26N2O4/c1-27-21-9-7-6-8-20(21)26-25(27)24(18-12-10-16(28-2)14-22(18)30-4)19-13-11-17(29-3)15-23(19)31-5/h6-15,24H,1-5H3. The third kappa shape index (κ3) is 3.65. The van der Waals surface area contributed by atoms with Crippen molar-refractivity contribution in [1.82, 2.24) is 9.55 Å². The second-order valence-corrected chi connectivity index (χ2v) is 7.17. The maximum Gasteiger partial charge on any atom is 0.126 e. The van der Waals surface area contributed by atoms with Crippen LogP contribution in [0.15, 0.2) is 60.7 Å². The molecule has 0 unspecified atom stereocenters. The summed E-state index contributed by atoms with van der Waals surface area (Å²) in [6.07, 6.45) is 0. The van der Waals surface area contributed by atoms with E-state index < -0.39 is 0 Å². The van der Waals surface area contributed by atoms with E-state index >= 15 is 0 Å². The number of hydrogen-bond acceptors (Lipinski definition) is 5. The summed E-state index contributed by atoms with van der Waals surface area (Å²) in [5.74, 6) is 3.54. The van der Waals surface area contributed by atoms with Gasteiger partial charge in [0.1, 0.15) is 28.8 Å². The molecule has 0 fully saturated rings. The Kier molecular flexibility index (Phi) is 5.71. The Morgan fingerprint density at radius 2 is 1.26 bits per heavy atom. The lowest BCUT2D eigenvalue weighted by Gasteiger charge is -2.23. The van der Waals surface area contributed by atoms with Crippen LogP contribution in [0.4, 0.5) is 0 Å². The van der Waals surface area contributed by atoms with Gasteiger partial charge in [0.15, 0.2) is 0 Å². The van der Waals surface area contributed by atoms with Crippen LogP contribution in [0.25, 0.3) is 11.0 Å². The van der Waals surface area contributed by atoms with Gasteiger partial charge < -0.3 is 23.5 Å². The van der Waals surface area contributed by atoms with Gasteiger partial charge in [-0.15, -0.1) is 0 Å². The Bertz CT molecular complexity index is 1160. The number of fused-ring (bicyclic) bond motifs is 1. The van der Waals surface area contributed by atoms with Crippen LogP contribution < -0.4 is 18.9 Å². The highest BCUT2D eigenvalue weighted by atomic mass is 16.5. The van der Waals surface area contributed by atoms with Crippen molar-refractivity contribution in [3.8, 4) is 23.0 Å². The van der Waals surface area contributed by atoms with Crippen LogP contribution in [0, 0.1) is 0 Å².